The van der Waals surface area contributed by atoms with E-state index in [0.717, 1.165) is 11.1 Å². The van der Waals surface area contributed by atoms with Crippen LogP contribution in [0, 0.1) is 6.92 Å². The molecule has 0 aliphatic carbocycles. The van der Waals surface area contributed by atoms with Crippen LogP contribution in [0.1, 0.15) is 72.5 Å². The van der Waals surface area contributed by atoms with E-state index in [1.165, 1.54) is 14.2 Å². The number of aromatic nitrogens is 4. The lowest BCUT2D eigenvalue weighted by Crippen LogP contribution is -2.51. The zero-order valence-electron chi connectivity index (χ0n) is 24.4. The molecule has 42 heavy (non-hydrogen) atoms. The standard InChI is InChI=1S/C31H31ClN6O4/c1-15(2)19-10-9-18(32)13-23(19)38-28(39)24-25(31(38)21-11-8-17(5)12-22(21)34-29(31)40)37(16(3)4)26(35-24)20-14-33-30(42-7)36-27(20)41-6/h8-16H,1-7H3,(H,34,40). The molecule has 1 atom stereocenters. The minimum Gasteiger partial charge on any atom is -0.480 e. The number of carbonyl (C=O) groups is 2. The summed E-state index contributed by atoms with van der Waals surface area (Å²) in [7, 11) is 2.96. The lowest BCUT2D eigenvalue weighted by molar-refractivity contribution is -0.119. The maximum absolute atomic E-state index is 14.7. The monoisotopic (exact) mass is 586 g/mol. The number of anilines is 2. The van der Waals surface area contributed by atoms with Gasteiger partial charge in [-0.05, 0) is 56.0 Å². The Hall–Kier alpha value is -4.44. The van der Waals surface area contributed by atoms with Crippen LogP contribution in [-0.4, -0.2) is 45.6 Å². The summed E-state index contributed by atoms with van der Waals surface area (Å²) >= 11 is 6.53. The van der Waals surface area contributed by atoms with Crippen molar-refractivity contribution in [3.63, 3.8) is 0 Å². The van der Waals surface area contributed by atoms with Gasteiger partial charge in [0.25, 0.3) is 11.8 Å². The molecule has 2 aliphatic heterocycles. The summed E-state index contributed by atoms with van der Waals surface area (Å²) in [6.45, 7) is 10.00. The molecule has 0 radical (unpaired) electrons. The van der Waals surface area contributed by atoms with Crippen molar-refractivity contribution in [2.75, 3.05) is 24.4 Å². The fourth-order valence-electron chi connectivity index (χ4n) is 6.10. The van der Waals surface area contributed by atoms with E-state index in [-0.39, 0.29) is 35.5 Å². The van der Waals surface area contributed by atoms with Crippen LogP contribution < -0.4 is 19.7 Å². The average molecular weight is 587 g/mol. The van der Waals surface area contributed by atoms with Gasteiger partial charge in [0.15, 0.2) is 11.2 Å². The molecule has 0 bridgehead atoms. The average Bonchev–Trinajstić information content (AvgIpc) is 3.56. The van der Waals surface area contributed by atoms with Crippen LogP contribution in [0.2, 0.25) is 5.02 Å². The van der Waals surface area contributed by atoms with E-state index >= 15 is 0 Å². The highest BCUT2D eigenvalue weighted by molar-refractivity contribution is 6.31. The van der Waals surface area contributed by atoms with Crippen LogP contribution in [0.5, 0.6) is 11.9 Å². The Morgan fingerprint density at radius 2 is 1.76 bits per heavy atom. The summed E-state index contributed by atoms with van der Waals surface area (Å²) < 4.78 is 12.7. The van der Waals surface area contributed by atoms with Crippen LogP contribution in [0.4, 0.5) is 11.4 Å². The largest absolute Gasteiger partial charge is 0.480 e. The lowest BCUT2D eigenvalue weighted by Gasteiger charge is -2.37. The van der Waals surface area contributed by atoms with Gasteiger partial charge in [-0.15, -0.1) is 0 Å². The summed E-state index contributed by atoms with van der Waals surface area (Å²) in [4.78, 5) is 44.3. The number of amides is 2. The van der Waals surface area contributed by atoms with Crippen LogP contribution in [-0.2, 0) is 10.3 Å². The Bertz CT molecular complexity index is 1780. The number of hydrogen-bond acceptors (Lipinski definition) is 7. The first-order valence-corrected chi connectivity index (χ1v) is 14.1. The van der Waals surface area contributed by atoms with E-state index in [1.54, 1.807) is 23.2 Å². The SMILES string of the molecule is COc1ncc(-c2nc3c(n2C(C)C)C2(C(=O)Nc4cc(C)ccc42)N(c2cc(Cl)ccc2C(C)C)C3=O)c(OC)n1. The van der Waals surface area contributed by atoms with Crippen molar-refractivity contribution < 1.29 is 19.1 Å². The quantitative estimate of drug-likeness (QED) is 0.300. The Morgan fingerprint density at radius 1 is 1.00 bits per heavy atom. The summed E-state index contributed by atoms with van der Waals surface area (Å²) in [5.41, 5.74) is 3.25. The highest BCUT2D eigenvalue weighted by Gasteiger charge is 2.64. The molecule has 0 saturated heterocycles. The first-order chi connectivity index (χ1) is 20.0. The Labute approximate surface area is 248 Å². The number of halogens is 1. The van der Waals surface area contributed by atoms with Crippen LogP contribution >= 0.6 is 11.6 Å². The van der Waals surface area contributed by atoms with Crippen molar-refractivity contribution in [3.8, 4) is 23.3 Å². The third-order valence-electron chi connectivity index (χ3n) is 7.86. The van der Waals surface area contributed by atoms with Gasteiger partial charge in [0, 0.05) is 28.5 Å². The second kappa shape index (κ2) is 9.84. The molecular formula is C31H31ClN6O4. The number of fused-ring (bicyclic) bond motifs is 4. The molecule has 1 N–H and O–H groups in total. The molecule has 2 aliphatic rings. The van der Waals surface area contributed by atoms with Crippen LogP contribution in [0.15, 0.2) is 42.6 Å². The van der Waals surface area contributed by atoms with Crippen molar-refractivity contribution in [2.24, 2.45) is 0 Å². The molecule has 6 rings (SSSR count). The van der Waals surface area contributed by atoms with Crippen molar-refractivity contribution >= 4 is 34.8 Å². The molecule has 2 amide bonds. The van der Waals surface area contributed by atoms with Gasteiger partial charge >= 0.3 is 6.01 Å². The molecule has 216 valence electrons. The molecule has 2 aromatic heterocycles. The minimum absolute atomic E-state index is 0.0421. The normalized spacial score (nSPS) is 17.3. The van der Waals surface area contributed by atoms with Crippen molar-refractivity contribution in [1.29, 1.82) is 0 Å². The van der Waals surface area contributed by atoms with Gasteiger partial charge in [-0.1, -0.05) is 43.6 Å². The van der Waals surface area contributed by atoms with Gasteiger partial charge in [0.05, 0.1) is 31.2 Å². The molecule has 0 saturated carbocycles. The lowest BCUT2D eigenvalue weighted by atomic mass is 9.85. The van der Waals surface area contributed by atoms with Gasteiger partial charge in [0.2, 0.25) is 5.88 Å². The van der Waals surface area contributed by atoms with Gasteiger partial charge in [-0.3, -0.25) is 14.5 Å². The molecule has 4 aromatic rings. The number of hydrogen-bond donors (Lipinski definition) is 1. The number of methoxy groups -OCH3 is 2. The smallest absolute Gasteiger partial charge is 0.319 e. The predicted octanol–water partition coefficient (Wildman–Crippen LogP) is 5.88. The predicted molar refractivity (Wildman–Crippen MR) is 160 cm³/mol. The number of nitrogens with zero attached hydrogens (tertiary/aromatic N) is 5. The van der Waals surface area contributed by atoms with E-state index in [2.05, 4.69) is 15.3 Å². The van der Waals surface area contributed by atoms with Crippen molar-refractivity contribution in [1.82, 2.24) is 19.5 Å². The highest BCUT2D eigenvalue weighted by Crippen LogP contribution is 2.55. The molecule has 0 fully saturated rings. The second-order valence-corrected chi connectivity index (χ2v) is 11.5. The van der Waals surface area contributed by atoms with E-state index in [4.69, 9.17) is 26.1 Å². The number of ether oxygens (including phenoxy) is 2. The zero-order chi connectivity index (χ0) is 30.1. The van der Waals surface area contributed by atoms with Gasteiger partial charge in [-0.2, -0.15) is 4.98 Å². The first-order valence-electron chi connectivity index (χ1n) is 13.7. The van der Waals surface area contributed by atoms with Crippen molar-refractivity contribution in [2.45, 2.75) is 52.1 Å². The van der Waals surface area contributed by atoms with Crippen LogP contribution in [0.25, 0.3) is 11.4 Å². The fraction of sp³-hybridized carbons (Fsp3) is 0.323. The molecule has 4 heterocycles. The third-order valence-corrected chi connectivity index (χ3v) is 8.09. The van der Waals surface area contributed by atoms with Crippen LogP contribution in [0.3, 0.4) is 0 Å². The summed E-state index contributed by atoms with van der Waals surface area (Å²) in [5.74, 6) is -0.0801. The van der Waals surface area contributed by atoms with E-state index < -0.39 is 11.4 Å². The summed E-state index contributed by atoms with van der Waals surface area (Å²) in [6, 6.07) is 11.1. The summed E-state index contributed by atoms with van der Waals surface area (Å²) in [5, 5.41) is 3.53. The van der Waals surface area contributed by atoms with Gasteiger partial charge in [-0.25, -0.2) is 9.97 Å². The minimum atomic E-state index is -1.56. The van der Waals surface area contributed by atoms with E-state index in [9.17, 15) is 9.59 Å². The second-order valence-electron chi connectivity index (χ2n) is 11.1. The molecule has 11 heteroatoms. The third kappa shape index (κ3) is 3.74. The molecule has 10 nitrogen and oxygen atoms in total. The Kier molecular flexibility index (Phi) is 6.49. The highest BCUT2D eigenvalue weighted by atomic mass is 35.5. The van der Waals surface area contributed by atoms with Gasteiger partial charge < -0.3 is 19.4 Å². The topological polar surface area (TPSA) is 111 Å². The van der Waals surface area contributed by atoms with E-state index in [0.29, 0.717) is 39.0 Å². The van der Waals surface area contributed by atoms with E-state index in [1.807, 2.05) is 63.5 Å². The number of nitrogens with one attached hydrogen (secondary N) is 1. The fourth-order valence-corrected chi connectivity index (χ4v) is 6.27. The van der Waals surface area contributed by atoms with Gasteiger partial charge in [0.1, 0.15) is 5.82 Å². The first kappa shape index (κ1) is 27.7. The summed E-state index contributed by atoms with van der Waals surface area (Å²) in [6.07, 6.45) is 1.55. The Morgan fingerprint density at radius 3 is 2.43 bits per heavy atom. The molecule has 2 aromatic carbocycles. The number of aryl methyl sites for hydroxylation is 1. The number of benzene rings is 2. The van der Waals surface area contributed by atoms with Crippen molar-refractivity contribution in [3.05, 3.63) is 75.7 Å². The maximum atomic E-state index is 14.7. The zero-order valence-corrected chi connectivity index (χ0v) is 25.2. The maximum Gasteiger partial charge on any atom is 0.319 e. The molecular weight excluding hydrogens is 556 g/mol. The molecule has 1 spiro atoms. The number of carbonyl (C=O) groups excluding carboxylic acids is 2. The number of imidazole rings is 1. The molecule has 1 unspecified atom stereocenters. The Balaban J connectivity index is 1.73. The number of rotatable bonds is 6.